The van der Waals surface area contributed by atoms with Crippen LogP contribution in [-0.2, 0) is 4.79 Å². The van der Waals surface area contributed by atoms with Gasteiger partial charge in [-0.05, 0) is 55.3 Å². The molecule has 224 valence electrons. The molecule has 43 heavy (non-hydrogen) atoms. The number of imidazole rings is 1. The number of nitrogens with zero attached hydrogens (tertiary/aromatic N) is 5. The smallest absolute Gasteiger partial charge is 0.254 e. The predicted octanol–water partition coefficient (Wildman–Crippen LogP) is 2.85. The molecule has 0 aliphatic carbocycles. The molecular weight excluding hydrogens is 553 g/mol. The summed E-state index contributed by atoms with van der Waals surface area (Å²) in [6.07, 6.45) is 4.58. The number of ether oxygens (including phenoxy) is 1. The van der Waals surface area contributed by atoms with Crippen molar-refractivity contribution in [2.75, 3.05) is 51.7 Å². The molecule has 4 aromatic rings. The van der Waals surface area contributed by atoms with Crippen molar-refractivity contribution in [1.82, 2.24) is 29.5 Å². The lowest BCUT2D eigenvalue weighted by Crippen LogP contribution is -2.55. The first-order valence-electron chi connectivity index (χ1n) is 14.3. The number of anilines is 2. The zero-order valence-corrected chi connectivity index (χ0v) is 24.1. The fourth-order valence-electron chi connectivity index (χ4n) is 5.86. The number of carbonyl (C=O) groups is 2. The second-order valence-corrected chi connectivity index (χ2v) is 10.9. The zero-order chi connectivity index (χ0) is 30.1. The lowest BCUT2D eigenvalue weighted by molar-refractivity contribution is -0.142. The van der Waals surface area contributed by atoms with Crippen LogP contribution in [0.4, 0.5) is 15.9 Å². The molecule has 12 heteroatoms. The summed E-state index contributed by atoms with van der Waals surface area (Å²) < 4.78 is 21.2. The number of fused-ring (bicyclic) bond motifs is 1. The van der Waals surface area contributed by atoms with Crippen molar-refractivity contribution in [2.24, 2.45) is 5.92 Å². The van der Waals surface area contributed by atoms with E-state index in [-0.39, 0.29) is 24.1 Å². The van der Waals surface area contributed by atoms with E-state index in [1.54, 1.807) is 52.7 Å². The number of methoxy groups -OCH3 is 1. The standard InChI is InChI=1S/C31H34FN7O4/c1-19-15-21(36-28-29-35-17-25(39(29)14-10-34-28)20-3-6-27(43-2)24(32)16-20)4-5-22(19)30(41)38-11-7-23(26(40)18-38)31(42)37-12-8-33-9-13-37/h3-6,10,14-17,23,26,33,40H,7-9,11-13,18H2,1-2H3,(H,34,36). The van der Waals surface area contributed by atoms with Gasteiger partial charge in [0.05, 0.1) is 31.0 Å². The van der Waals surface area contributed by atoms with Crippen molar-refractivity contribution >= 4 is 29.0 Å². The number of piperazine rings is 1. The Morgan fingerprint density at radius 2 is 1.91 bits per heavy atom. The van der Waals surface area contributed by atoms with Gasteiger partial charge < -0.3 is 30.3 Å². The number of aromatic nitrogens is 3. The molecule has 0 spiro atoms. The first-order valence-corrected chi connectivity index (χ1v) is 14.3. The van der Waals surface area contributed by atoms with Crippen LogP contribution < -0.4 is 15.4 Å². The van der Waals surface area contributed by atoms with Gasteiger partial charge in [-0.1, -0.05) is 0 Å². The van der Waals surface area contributed by atoms with E-state index < -0.39 is 17.8 Å². The normalized spacial score (nSPS) is 19.0. The molecule has 2 atom stereocenters. The number of amides is 2. The summed E-state index contributed by atoms with van der Waals surface area (Å²) in [7, 11) is 1.42. The Bertz CT molecular complexity index is 1670. The van der Waals surface area contributed by atoms with Gasteiger partial charge in [0, 0.05) is 68.5 Å². The SMILES string of the molecule is COc1ccc(-c2cnc3c(Nc4ccc(C(=O)N5CCC(C(=O)N6CCNCC6)C(O)C5)c(C)c4)nccn23)cc1F. The summed E-state index contributed by atoms with van der Waals surface area (Å²) >= 11 is 0. The second kappa shape index (κ2) is 12.0. The van der Waals surface area contributed by atoms with Crippen molar-refractivity contribution in [2.45, 2.75) is 19.4 Å². The summed E-state index contributed by atoms with van der Waals surface area (Å²) in [5, 5.41) is 17.3. The number of benzene rings is 2. The molecular formula is C31H34FN7O4. The van der Waals surface area contributed by atoms with E-state index in [0.29, 0.717) is 54.3 Å². The number of rotatable bonds is 6. The Balaban J connectivity index is 1.15. The van der Waals surface area contributed by atoms with Gasteiger partial charge in [0.25, 0.3) is 5.91 Å². The molecule has 2 unspecified atom stereocenters. The van der Waals surface area contributed by atoms with E-state index in [9.17, 15) is 19.1 Å². The van der Waals surface area contributed by atoms with Gasteiger partial charge in [-0.3, -0.25) is 14.0 Å². The van der Waals surface area contributed by atoms with Gasteiger partial charge in [-0.2, -0.15) is 0 Å². The van der Waals surface area contributed by atoms with Crippen LogP contribution in [-0.4, -0.2) is 93.6 Å². The minimum Gasteiger partial charge on any atom is -0.494 e. The lowest BCUT2D eigenvalue weighted by atomic mass is 9.91. The molecule has 2 aliphatic rings. The van der Waals surface area contributed by atoms with Crippen LogP contribution in [0.5, 0.6) is 5.75 Å². The number of aliphatic hydroxyl groups excluding tert-OH is 1. The molecule has 3 N–H and O–H groups in total. The average Bonchev–Trinajstić information content (AvgIpc) is 3.46. The van der Waals surface area contributed by atoms with Crippen molar-refractivity contribution in [1.29, 1.82) is 0 Å². The number of carbonyl (C=O) groups excluding carboxylic acids is 2. The highest BCUT2D eigenvalue weighted by Crippen LogP contribution is 2.29. The van der Waals surface area contributed by atoms with Crippen LogP contribution in [0.3, 0.4) is 0 Å². The first kappa shape index (κ1) is 28.6. The number of hydrogen-bond acceptors (Lipinski definition) is 8. The summed E-state index contributed by atoms with van der Waals surface area (Å²) in [5.74, 6) is -0.494. The maximum atomic E-state index is 14.4. The van der Waals surface area contributed by atoms with Crippen molar-refractivity contribution in [3.8, 4) is 17.0 Å². The summed E-state index contributed by atoms with van der Waals surface area (Å²) in [6, 6.07) is 10.2. The minimum absolute atomic E-state index is 0.0305. The van der Waals surface area contributed by atoms with Crippen molar-refractivity contribution in [3.05, 3.63) is 71.9 Å². The molecule has 2 aromatic carbocycles. The second-order valence-electron chi connectivity index (χ2n) is 10.9. The van der Waals surface area contributed by atoms with Gasteiger partial charge in [0.2, 0.25) is 5.91 Å². The summed E-state index contributed by atoms with van der Waals surface area (Å²) in [6.45, 7) is 5.16. The molecule has 11 nitrogen and oxygen atoms in total. The maximum Gasteiger partial charge on any atom is 0.254 e. The Hall–Kier alpha value is -4.55. The van der Waals surface area contributed by atoms with Gasteiger partial charge in [0.15, 0.2) is 23.0 Å². The predicted molar refractivity (Wildman–Crippen MR) is 159 cm³/mol. The van der Waals surface area contributed by atoms with Crippen molar-refractivity contribution < 1.29 is 23.8 Å². The van der Waals surface area contributed by atoms with Crippen LogP contribution in [0.1, 0.15) is 22.3 Å². The molecule has 6 rings (SSSR count). The number of β-amino-alcohol motifs (C(OH)–C–C–N with tert-alkyl or cyclic N) is 1. The van der Waals surface area contributed by atoms with Gasteiger partial charge in [0.1, 0.15) is 0 Å². The van der Waals surface area contributed by atoms with Crippen LogP contribution in [0, 0.1) is 18.7 Å². The van der Waals surface area contributed by atoms with E-state index >= 15 is 0 Å². The number of aryl methyl sites for hydroxylation is 1. The van der Waals surface area contributed by atoms with Crippen LogP contribution in [0.25, 0.3) is 16.9 Å². The Morgan fingerprint density at radius 3 is 2.63 bits per heavy atom. The average molecular weight is 588 g/mol. The third kappa shape index (κ3) is 5.63. The zero-order valence-electron chi connectivity index (χ0n) is 24.1. The third-order valence-corrected chi connectivity index (χ3v) is 8.21. The number of hydrogen-bond donors (Lipinski definition) is 3. The summed E-state index contributed by atoms with van der Waals surface area (Å²) in [4.78, 5) is 38.8. The molecule has 2 fully saturated rings. The first-order chi connectivity index (χ1) is 20.8. The largest absolute Gasteiger partial charge is 0.494 e. The molecule has 0 saturated carbocycles. The van der Waals surface area contributed by atoms with Gasteiger partial charge in [-0.15, -0.1) is 0 Å². The van der Waals surface area contributed by atoms with E-state index in [1.165, 1.54) is 13.2 Å². The Kier molecular flexibility index (Phi) is 7.96. The van der Waals surface area contributed by atoms with Gasteiger partial charge >= 0.3 is 0 Å². The van der Waals surface area contributed by atoms with Crippen LogP contribution in [0.2, 0.25) is 0 Å². The lowest BCUT2D eigenvalue weighted by Gasteiger charge is -2.38. The Labute approximate surface area is 248 Å². The van der Waals surface area contributed by atoms with Gasteiger partial charge in [-0.25, -0.2) is 14.4 Å². The minimum atomic E-state index is -0.901. The van der Waals surface area contributed by atoms with Crippen molar-refractivity contribution in [3.63, 3.8) is 0 Å². The molecule has 2 amide bonds. The number of aliphatic hydroxyl groups is 1. The molecule has 0 radical (unpaired) electrons. The monoisotopic (exact) mass is 587 g/mol. The highest BCUT2D eigenvalue weighted by Gasteiger charge is 2.37. The van der Waals surface area contributed by atoms with E-state index in [1.807, 2.05) is 17.4 Å². The fourth-order valence-corrected chi connectivity index (χ4v) is 5.86. The third-order valence-electron chi connectivity index (χ3n) is 8.21. The topological polar surface area (TPSA) is 124 Å². The highest BCUT2D eigenvalue weighted by molar-refractivity contribution is 5.96. The number of likely N-dealkylation sites (tertiary alicyclic amines) is 1. The highest BCUT2D eigenvalue weighted by atomic mass is 19.1. The van der Waals surface area contributed by atoms with E-state index in [2.05, 4.69) is 20.6 Å². The molecule has 2 aromatic heterocycles. The molecule has 2 saturated heterocycles. The number of halogens is 1. The maximum absolute atomic E-state index is 14.4. The Morgan fingerprint density at radius 1 is 1.09 bits per heavy atom. The number of piperidine rings is 1. The van der Waals surface area contributed by atoms with E-state index in [4.69, 9.17) is 4.74 Å². The molecule has 2 aliphatic heterocycles. The number of nitrogens with one attached hydrogen (secondary N) is 2. The molecule has 0 bridgehead atoms. The molecule has 4 heterocycles. The quantitative estimate of drug-likeness (QED) is 0.315. The van der Waals surface area contributed by atoms with Crippen LogP contribution >= 0.6 is 0 Å². The van der Waals surface area contributed by atoms with E-state index in [0.717, 1.165) is 24.3 Å². The van der Waals surface area contributed by atoms with Crippen LogP contribution in [0.15, 0.2) is 55.0 Å². The fraction of sp³-hybridized carbons (Fsp3) is 0.355. The summed E-state index contributed by atoms with van der Waals surface area (Å²) in [5.41, 5.74) is 3.89.